The number of hydrogen-bond donors (Lipinski definition) is 1. The van der Waals surface area contributed by atoms with Crippen molar-refractivity contribution < 1.29 is 0 Å². The molecule has 0 aliphatic heterocycles. The highest BCUT2D eigenvalue weighted by atomic mass is 32.1. The molecule has 1 unspecified atom stereocenters. The summed E-state index contributed by atoms with van der Waals surface area (Å²) in [6.45, 7) is 5.33. The maximum absolute atomic E-state index is 4.39. The van der Waals surface area contributed by atoms with Crippen LogP contribution in [0.15, 0.2) is 36.5 Å². The van der Waals surface area contributed by atoms with E-state index < -0.39 is 0 Å². The summed E-state index contributed by atoms with van der Waals surface area (Å²) < 4.78 is 0. The molecule has 2 aromatic heterocycles. The van der Waals surface area contributed by atoms with Crippen molar-refractivity contribution in [2.75, 3.05) is 6.54 Å². The van der Waals surface area contributed by atoms with E-state index in [-0.39, 0.29) is 0 Å². The smallest absolute Gasteiger partial charge is 0.0418 e. The highest BCUT2D eigenvalue weighted by Crippen LogP contribution is 2.26. The molecular weight excluding hydrogens is 240 g/mol. The normalized spacial score (nSPS) is 12.6. The summed E-state index contributed by atoms with van der Waals surface area (Å²) in [7, 11) is 0. The number of aryl methyl sites for hydroxylation is 2. The van der Waals surface area contributed by atoms with E-state index in [1.54, 1.807) is 0 Å². The Balaban J connectivity index is 1.98. The van der Waals surface area contributed by atoms with Gasteiger partial charge in [-0.2, -0.15) is 0 Å². The van der Waals surface area contributed by atoms with Gasteiger partial charge in [0.25, 0.3) is 0 Å². The molecule has 0 fully saturated rings. The van der Waals surface area contributed by atoms with Crippen molar-refractivity contribution in [2.45, 2.75) is 32.7 Å². The molecule has 1 atom stereocenters. The van der Waals surface area contributed by atoms with Gasteiger partial charge in [0.05, 0.1) is 0 Å². The van der Waals surface area contributed by atoms with E-state index in [1.165, 1.54) is 15.4 Å². The first-order valence-corrected chi connectivity index (χ1v) is 7.31. The highest BCUT2D eigenvalue weighted by molar-refractivity contribution is 7.12. The molecule has 0 aromatic carbocycles. The molecule has 18 heavy (non-hydrogen) atoms. The van der Waals surface area contributed by atoms with Gasteiger partial charge in [0.1, 0.15) is 0 Å². The summed E-state index contributed by atoms with van der Waals surface area (Å²) in [5, 5.41) is 3.57. The molecular formula is C15H20N2S. The van der Waals surface area contributed by atoms with Gasteiger partial charge in [-0.05, 0) is 50.6 Å². The molecule has 2 aromatic rings. The Kier molecular flexibility index (Phi) is 4.90. The minimum absolute atomic E-state index is 0.454. The molecule has 1 N–H and O–H groups in total. The lowest BCUT2D eigenvalue weighted by Gasteiger charge is -2.16. The average Bonchev–Trinajstić information content (AvgIpc) is 2.82. The number of nitrogens with zero attached hydrogens (tertiary/aromatic N) is 1. The molecule has 3 heteroatoms. The minimum Gasteiger partial charge on any atom is -0.310 e. The molecule has 2 nitrogen and oxygen atoms in total. The van der Waals surface area contributed by atoms with Gasteiger partial charge in [-0.25, -0.2) is 0 Å². The van der Waals surface area contributed by atoms with Gasteiger partial charge in [0, 0.05) is 27.7 Å². The lowest BCUT2D eigenvalue weighted by atomic mass is 10.1. The highest BCUT2D eigenvalue weighted by Gasteiger charge is 2.12. The van der Waals surface area contributed by atoms with Crippen LogP contribution in [0.25, 0.3) is 0 Å². The second-order valence-corrected chi connectivity index (χ2v) is 5.74. The molecule has 2 rings (SSSR count). The predicted molar refractivity (Wildman–Crippen MR) is 78.0 cm³/mol. The van der Waals surface area contributed by atoms with Gasteiger partial charge < -0.3 is 5.32 Å². The minimum atomic E-state index is 0.454. The third kappa shape index (κ3) is 3.65. The van der Waals surface area contributed by atoms with Crippen molar-refractivity contribution >= 4 is 11.3 Å². The molecule has 0 aliphatic rings. The van der Waals surface area contributed by atoms with Crippen molar-refractivity contribution in [1.29, 1.82) is 0 Å². The standard InChI is InChI=1S/C15H20N2S/c1-3-16-14(15-10-7-12(2)18-15)9-8-13-6-4-5-11-17-13/h4-7,10-11,14,16H,3,8-9H2,1-2H3. The Bertz CT molecular complexity index is 464. The van der Waals surface area contributed by atoms with E-state index in [9.17, 15) is 0 Å². The lowest BCUT2D eigenvalue weighted by Crippen LogP contribution is -2.20. The molecule has 0 saturated carbocycles. The maximum Gasteiger partial charge on any atom is 0.0418 e. The SMILES string of the molecule is CCNC(CCc1ccccn1)c1ccc(C)s1. The quantitative estimate of drug-likeness (QED) is 0.856. The van der Waals surface area contributed by atoms with Gasteiger partial charge >= 0.3 is 0 Å². The van der Waals surface area contributed by atoms with Crippen LogP contribution >= 0.6 is 11.3 Å². The molecule has 0 bridgehead atoms. The molecule has 2 heterocycles. The third-order valence-electron chi connectivity index (χ3n) is 2.97. The fraction of sp³-hybridized carbons (Fsp3) is 0.400. The van der Waals surface area contributed by atoms with Crippen LogP contribution in [-0.2, 0) is 6.42 Å². The summed E-state index contributed by atoms with van der Waals surface area (Å²) in [6.07, 6.45) is 3.99. The second kappa shape index (κ2) is 6.66. The van der Waals surface area contributed by atoms with Crippen LogP contribution in [0, 0.1) is 6.92 Å². The average molecular weight is 260 g/mol. The van der Waals surface area contributed by atoms with Gasteiger partial charge in [-0.15, -0.1) is 11.3 Å². The Morgan fingerprint density at radius 3 is 2.78 bits per heavy atom. The van der Waals surface area contributed by atoms with Crippen molar-refractivity contribution in [1.82, 2.24) is 10.3 Å². The van der Waals surface area contributed by atoms with Crippen LogP contribution in [0.1, 0.15) is 34.8 Å². The fourth-order valence-electron chi connectivity index (χ4n) is 2.07. The number of aromatic nitrogens is 1. The van der Waals surface area contributed by atoms with Gasteiger partial charge in [-0.3, -0.25) is 4.98 Å². The van der Waals surface area contributed by atoms with Crippen LogP contribution in [0.3, 0.4) is 0 Å². The molecule has 0 radical (unpaired) electrons. The van der Waals surface area contributed by atoms with Gasteiger partial charge in [0.2, 0.25) is 0 Å². The summed E-state index contributed by atoms with van der Waals surface area (Å²) in [5.41, 5.74) is 1.17. The van der Waals surface area contributed by atoms with Crippen LogP contribution in [-0.4, -0.2) is 11.5 Å². The number of rotatable bonds is 6. The van der Waals surface area contributed by atoms with Crippen LogP contribution in [0.4, 0.5) is 0 Å². The van der Waals surface area contributed by atoms with Crippen LogP contribution < -0.4 is 5.32 Å². The summed E-state index contributed by atoms with van der Waals surface area (Å²) in [4.78, 5) is 7.20. The molecule has 0 amide bonds. The second-order valence-electron chi connectivity index (χ2n) is 4.42. The first kappa shape index (κ1) is 13.2. The van der Waals surface area contributed by atoms with E-state index in [4.69, 9.17) is 0 Å². The summed E-state index contributed by atoms with van der Waals surface area (Å²) >= 11 is 1.89. The van der Waals surface area contributed by atoms with Crippen molar-refractivity contribution in [3.8, 4) is 0 Å². The largest absolute Gasteiger partial charge is 0.310 e. The molecule has 0 saturated heterocycles. The van der Waals surface area contributed by atoms with Crippen molar-refractivity contribution in [2.24, 2.45) is 0 Å². The van der Waals surface area contributed by atoms with Crippen molar-refractivity contribution in [3.05, 3.63) is 52.0 Å². The summed E-state index contributed by atoms with van der Waals surface area (Å²) in [6, 6.07) is 11.0. The Morgan fingerprint density at radius 1 is 1.28 bits per heavy atom. The summed E-state index contributed by atoms with van der Waals surface area (Å²) in [5.74, 6) is 0. The topological polar surface area (TPSA) is 24.9 Å². The monoisotopic (exact) mass is 260 g/mol. The number of thiophene rings is 1. The van der Waals surface area contributed by atoms with E-state index in [0.29, 0.717) is 6.04 Å². The molecule has 0 aliphatic carbocycles. The van der Waals surface area contributed by atoms with E-state index in [1.807, 2.05) is 23.6 Å². The first-order valence-electron chi connectivity index (χ1n) is 6.49. The zero-order chi connectivity index (χ0) is 12.8. The van der Waals surface area contributed by atoms with Gasteiger partial charge in [-0.1, -0.05) is 13.0 Å². The number of hydrogen-bond acceptors (Lipinski definition) is 3. The van der Waals surface area contributed by atoms with Crippen LogP contribution in [0.2, 0.25) is 0 Å². The van der Waals surface area contributed by atoms with Crippen LogP contribution in [0.5, 0.6) is 0 Å². The zero-order valence-electron chi connectivity index (χ0n) is 11.0. The van der Waals surface area contributed by atoms with Gasteiger partial charge in [0.15, 0.2) is 0 Å². The number of pyridine rings is 1. The first-order chi connectivity index (χ1) is 8.79. The predicted octanol–water partition coefficient (Wildman–Crippen LogP) is 3.73. The Hall–Kier alpha value is -1.19. The van der Waals surface area contributed by atoms with E-state index in [2.05, 4.69) is 48.4 Å². The number of nitrogens with one attached hydrogen (secondary N) is 1. The van der Waals surface area contributed by atoms with E-state index in [0.717, 1.165) is 19.4 Å². The van der Waals surface area contributed by atoms with Crippen molar-refractivity contribution in [3.63, 3.8) is 0 Å². The zero-order valence-corrected chi connectivity index (χ0v) is 11.8. The fourth-order valence-corrected chi connectivity index (χ4v) is 3.06. The lowest BCUT2D eigenvalue weighted by molar-refractivity contribution is 0.520. The third-order valence-corrected chi connectivity index (χ3v) is 4.08. The molecule has 0 spiro atoms. The maximum atomic E-state index is 4.39. The molecule has 96 valence electrons. The van der Waals surface area contributed by atoms with E-state index >= 15 is 0 Å². The Labute approximate surface area is 113 Å². The Morgan fingerprint density at radius 2 is 2.17 bits per heavy atom.